The number of piperazine rings is 1. The van der Waals surface area contributed by atoms with Gasteiger partial charge in [-0.3, -0.25) is 4.90 Å². The van der Waals surface area contributed by atoms with E-state index < -0.39 is 34.9 Å². The number of benzene rings is 1. The van der Waals surface area contributed by atoms with Crippen molar-refractivity contribution in [2.24, 2.45) is 0 Å². The Morgan fingerprint density at radius 1 is 1.09 bits per heavy atom. The third-order valence-electron chi connectivity index (χ3n) is 3.90. The summed E-state index contributed by atoms with van der Waals surface area (Å²) in [5, 5.41) is 3.15. The first-order valence-electron chi connectivity index (χ1n) is 7.34. The van der Waals surface area contributed by atoms with Gasteiger partial charge in [-0.2, -0.15) is 0 Å². The van der Waals surface area contributed by atoms with Gasteiger partial charge in [0.05, 0.1) is 0 Å². The van der Waals surface area contributed by atoms with E-state index >= 15 is 0 Å². The van der Waals surface area contributed by atoms with Crippen molar-refractivity contribution < 1.29 is 17.6 Å². The van der Waals surface area contributed by atoms with Crippen LogP contribution in [0.15, 0.2) is 6.07 Å². The third-order valence-corrected chi connectivity index (χ3v) is 3.90. The summed E-state index contributed by atoms with van der Waals surface area (Å²) in [6.07, 6.45) is 2.07. The maximum Gasteiger partial charge on any atom is 0.166 e. The smallest absolute Gasteiger partial charge is 0.166 e. The zero-order valence-corrected chi connectivity index (χ0v) is 13.3. The summed E-state index contributed by atoms with van der Waals surface area (Å²) in [7, 11) is 0. The summed E-state index contributed by atoms with van der Waals surface area (Å²) in [5.41, 5.74) is -0.470. The van der Waals surface area contributed by atoms with E-state index in [-0.39, 0.29) is 18.5 Å². The number of nitrogens with one attached hydrogen (secondary N) is 1. The van der Waals surface area contributed by atoms with Crippen molar-refractivity contribution in [3.05, 3.63) is 34.9 Å². The van der Waals surface area contributed by atoms with Gasteiger partial charge in [-0.25, -0.2) is 17.6 Å². The number of rotatable bonds is 5. The van der Waals surface area contributed by atoms with Gasteiger partial charge in [0, 0.05) is 43.9 Å². The molecule has 22 heavy (non-hydrogen) atoms. The van der Waals surface area contributed by atoms with E-state index in [1.54, 1.807) is 0 Å². The summed E-state index contributed by atoms with van der Waals surface area (Å²) < 4.78 is 55.0. The van der Waals surface area contributed by atoms with E-state index in [2.05, 4.69) is 5.32 Å². The average Bonchev–Trinajstić information content (AvgIpc) is 2.49. The Balaban J connectivity index is 0.00000242. The molecule has 0 aliphatic carbocycles. The van der Waals surface area contributed by atoms with Gasteiger partial charge < -0.3 is 5.32 Å². The van der Waals surface area contributed by atoms with Crippen LogP contribution in [-0.2, 0) is 0 Å². The van der Waals surface area contributed by atoms with E-state index in [1.807, 2.05) is 11.8 Å². The Labute approximate surface area is 134 Å². The number of halogens is 5. The molecule has 1 aliphatic rings. The molecule has 1 aliphatic heterocycles. The predicted molar refractivity (Wildman–Crippen MR) is 80.2 cm³/mol. The zero-order valence-electron chi connectivity index (χ0n) is 12.5. The second-order valence-electron chi connectivity index (χ2n) is 5.33. The predicted octanol–water partition coefficient (Wildman–Crippen LogP) is 3.80. The van der Waals surface area contributed by atoms with Crippen LogP contribution in [0.1, 0.15) is 37.8 Å². The highest BCUT2D eigenvalue weighted by molar-refractivity contribution is 5.85. The van der Waals surface area contributed by atoms with Crippen molar-refractivity contribution in [3.63, 3.8) is 0 Å². The lowest BCUT2D eigenvalue weighted by atomic mass is 9.97. The highest BCUT2D eigenvalue weighted by Crippen LogP contribution is 2.33. The van der Waals surface area contributed by atoms with Gasteiger partial charge in [-0.05, 0) is 6.42 Å². The fraction of sp³-hybridized carbons (Fsp3) is 0.600. The molecule has 1 atom stereocenters. The molecule has 126 valence electrons. The Morgan fingerprint density at radius 2 is 1.64 bits per heavy atom. The van der Waals surface area contributed by atoms with Crippen molar-refractivity contribution in [2.75, 3.05) is 26.2 Å². The molecule has 0 unspecified atom stereocenters. The van der Waals surface area contributed by atoms with Crippen LogP contribution in [-0.4, -0.2) is 31.1 Å². The topological polar surface area (TPSA) is 15.3 Å². The van der Waals surface area contributed by atoms with Crippen LogP contribution < -0.4 is 5.32 Å². The van der Waals surface area contributed by atoms with Gasteiger partial charge in [0.2, 0.25) is 0 Å². The lowest BCUT2D eigenvalue weighted by molar-refractivity contribution is 0.154. The standard InChI is InChI=1S/C15H20F4N2.ClH/c1-2-3-4-12(21-7-5-20-6-8-21)13-14(18)10(16)9-11(17)15(13)19;/h9,12,20H,2-8H2,1H3;1H/t12-;/m0./s1. The number of hydrogen-bond acceptors (Lipinski definition) is 2. The fourth-order valence-electron chi connectivity index (χ4n) is 2.78. The minimum absolute atomic E-state index is 0. The Morgan fingerprint density at radius 3 is 2.14 bits per heavy atom. The molecule has 7 heteroatoms. The van der Waals surface area contributed by atoms with E-state index in [9.17, 15) is 17.6 Å². The van der Waals surface area contributed by atoms with Gasteiger partial charge in [-0.15, -0.1) is 12.4 Å². The van der Waals surface area contributed by atoms with Crippen LogP contribution >= 0.6 is 12.4 Å². The molecule has 0 spiro atoms. The SMILES string of the molecule is CCCC[C@@H](c1c(F)c(F)cc(F)c1F)N1CCNCC1.Cl. The molecule has 2 rings (SSSR count). The average molecular weight is 341 g/mol. The van der Waals surface area contributed by atoms with Crippen LogP contribution in [0.25, 0.3) is 0 Å². The highest BCUT2D eigenvalue weighted by atomic mass is 35.5. The van der Waals surface area contributed by atoms with Crippen LogP contribution in [0.4, 0.5) is 17.6 Å². The van der Waals surface area contributed by atoms with Crippen LogP contribution in [0.5, 0.6) is 0 Å². The monoisotopic (exact) mass is 340 g/mol. The molecule has 1 saturated heterocycles. The van der Waals surface area contributed by atoms with Crippen molar-refractivity contribution in [3.8, 4) is 0 Å². The van der Waals surface area contributed by atoms with Crippen LogP contribution in [0.2, 0.25) is 0 Å². The first kappa shape index (κ1) is 19.2. The van der Waals surface area contributed by atoms with E-state index in [4.69, 9.17) is 0 Å². The molecule has 1 fully saturated rings. The maximum absolute atomic E-state index is 14.1. The molecule has 1 aromatic rings. The fourth-order valence-corrected chi connectivity index (χ4v) is 2.78. The van der Waals surface area contributed by atoms with Gasteiger partial charge in [-0.1, -0.05) is 19.8 Å². The quantitative estimate of drug-likeness (QED) is 0.648. The van der Waals surface area contributed by atoms with Crippen molar-refractivity contribution >= 4 is 12.4 Å². The molecule has 1 heterocycles. The summed E-state index contributed by atoms with van der Waals surface area (Å²) in [6, 6.07) is -0.361. The Hall–Kier alpha value is -0.850. The molecule has 0 radical (unpaired) electrons. The first-order valence-corrected chi connectivity index (χ1v) is 7.34. The van der Waals surface area contributed by atoms with E-state index in [1.165, 1.54) is 0 Å². The molecule has 2 nitrogen and oxygen atoms in total. The summed E-state index contributed by atoms with van der Waals surface area (Å²) in [6.45, 7) is 4.57. The minimum Gasteiger partial charge on any atom is -0.314 e. The second-order valence-corrected chi connectivity index (χ2v) is 5.33. The van der Waals surface area contributed by atoms with Gasteiger partial charge in [0.25, 0.3) is 0 Å². The number of nitrogens with zero attached hydrogens (tertiary/aromatic N) is 1. The number of unbranched alkanes of at least 4 members (excludes halogenated alkanes) is 1. The molecule has 1 N–H and O–H groups in total. The highest BCUT2D eigenvalue weighted by Gasteiger charge is 2.30. The Bertz CT molecular complexity index is 467. The first-order chi connectivity index (χ1) is 10.1. The molecule has 0 amide bonds. The van der Waals surface area contributed by atoms with Gasteiger partial charge >= 0.3 is 0 Å². The van der Waals surface area contributed by atoms with E-state index in [0.29, 0.717) is 32.6 Å². The summed E-state index contributed by atoms with van der Waals surface area (Å²) in [5.74, 6) is -5.21. The molecule has 1 aromatic carbocycles. The van der Waals surface area contributed by atoms with Crippen LogP contribution in [0, 0.1) is 23.3 Å². The zero-order chi connectivity index (χ0) is 15.4. The molecule has 0 saturated carbocycles. The van der Waals surface area contributed by atoms with Crippen molar-refractivity contribution in [2.45, 2.75) is 32.2 Å². The maximum atomic E-state index is 14.1. The molecule has 0 bridgehead atoms. The lowest BCUT2D eigenvalue weighted by Crippen LogP contribution is -2.45. The number of hydrogen-bond donors (Lipinski definition) is 1. The van der Waals surface area contributed by atoms with Gasteiger partial charge in [0.15, 0.2) is 23.3 Å². The molecule has 0 aromatic heterocycles. The second kappa shape index (κ2) is 8.70. The third kappa shape index (κ3) is 4.12. The van der Waals surface area contributed by atoms with Gasteiger partial charge in [0.1, 0.15) is 0 Å². The summed E-state index contributed by atoms with van der Waals surface area (Å²) in [4.78, 5) is 1.90. The lowest BCUT2D eigenvalue weighted by Gasteiger charge is -2.35. The Kier molecular flexibility index (Phi) is 7.59. The molecular weight excluding hydrogens is 320 g/mol. The summed E-state index contributed by atoms with van der Waals surface area (Å²) >= 11 is 0. The van der Waals surface area contributed by atoms with Crippen LogP contribution in [0.3, 0.4) is 0 Å². The molecular formula is C15H21ClF4N2. The van der Waals surface area contributed by atoms with Crippen molar-refractivity contribution in [1.29, 1.82) is 0 Å². The van der Waals surface area contributed by atoms with Crippen molar-refractivity contribution in [1.82, 2.24) is 10.2 Å². The largest absolute Gasteiger partial charge is 0.314 e. The minimum atomic E-state index is -1.33. The van der Waals surface area contributed by atoms with E-state index in [0.717, 1.165) is 12.8 Å². The normalized spacial score (nSPS) is 17.1.